The zero-order chi connectivity index (χ0) is 18.4. The average Bonchev–Trinajstić information content (AvgIpc) is 2.66. The molecular formula is C21H19O4P. The number of phosphoric ester groups is 1. The average molecular weight is 366 g/mol. The first-order valence-corrected chi connectivity index (χ1v) is 9.69. The number of hydrogen-bond acceptors (Lipinski definition) is 2. The summed E-state index contributed by atoms with van der Waals surface area (Å²) in [4.78, 5) is 18.9. The Labute approximate surface area is 152 Å². The maximum Gasteiger partial charge on any atom is 0.524 e. The van der Waals surface area contributed by atoms with Crippen LogP contribution in [0, 0.1) is 0 Å². The number of hydrogen-bond donors (Lipinski definition) is 2. The van der Waals surface area contributed by atoms with Gasteiger partial charge in [-0.2, -0.15) is 0 Å². The summed E-state index contributed by atoms with van der Waals surface area (Å²) < 4.78 is 16.8. The molecular weight excluding hydrogens is 347 g/mol. The van der Waals surface area contributed by atoms with Crippen LogP contribution in [0.2, 0.25) is 0 Å². The first-order chi connectivity index (χ1) is 12.5. The molecule has 132 valence electrons. The summed E-state index contributed by atoms with van der Waals surface area (Å²) in [5, 5.41) is 0. The molecule has 3 rings (SSSR count). The maximum atomic E-state index is 11.6. The van der Waals surface area contributed by atoms with E-state index in [0.29, 0.717) is 17.6 Å². The molecule has 0 bridgehead atoms. The maximum absolute atomic E-state index is 11.6. The zero-order valence-corrected chi connectivity index (χ0v) is 14.9. The van der Waals surface area contributed by atoms with Crippen molar-refractivity contribution in [2.45, 2.75) is 6.42 Å². The highest BCUT2D eigenvalue weighted by molar-refractivity contribution is 7.46. The van der Waals surface area contributed by atoms with E-state index >= 15 is 0 Å². The lowest BCUT2D eigenvalue weighted by molar-refractivity contribution is 0.269. The molecule has 2 N–H and O–H groups in total. The third-order valence-electron chi connectivity index (χ3n) is 3.87. The third-order valence-corrected chi connectivity index (χ3v) is 4.29. The van der Waals surface area contributed by atoms with Crippen molar-refractivity contribution in [3.8, 4) is 0 Å². The van der Waals surface area contributed by atoms with Crippen LogP contribution in [0.1, 0.15) is 16.7 Å². The molecule has 0 radical (unpaired) electrons. The van der Waals surface area contributed by atoms with Gasteiger partial charge in [0.05, 0.1) is 0 Å². The second-order valence-electron chi connectivity index (χ2n) is 5.78. The van der Waals surface area contributed by atoms with Gasteiger partial charge >= 0.3 is 7.82 Å². The summed E-state index contributed by atoms with van der Waals surface area (Å²) >= 11 is 0. The van der Waals surface area contributed by atoms with Gasteiger partial charge in [-0.3, -0.25) is 9.79 Å². The molecule has 3 aromatic rings. The fourth-order valence-corrected chi connectivity index (χ4v) is 3.20. The molecule has 0 aliphatic carbocycles. The van der Waals surface area contributed by atoms with Crippen molar-refractivity contribution in [2.75, 3.05) is 0 Å². The Kier molecular flexibility index (Phi) is 5.69. The number of phosphoric acid groups is 1. The molecule has 0 spiro atoms. The van der Waals surface area contributed by atoms with Crippen LogP contribution >= 0.6 is 7.82 Å². The lowest BCUT2D eigenvalue weighted by atomic mass is 9.95. The van der Waals surface area contributed by atoms with Crippen molar-refractivity contribution >= 4 is 19.2 Å². The van der Waals surface area contributed by atoms with E-state index in [9.17, 15) is 14.4 Å². The Bertz CT molecular complexity index is 916. The molecule has 0 saturated carbocycles. The second-order valence-corrected chi connectivity index (χ2v) is 6.95. The Morgan fingerprint density at radius 3 is 1.69 bits per heavy atom. The van der Waals surface area contributed by atoms with Crippen LogP contribution < -0.4 is 0 Å². The van der Waals surface area contributed by atoms with E-state index in [1.165, 1.54) is 0 Å². The van der Waals surface area contributed by atoms with E-state index < -0.39 is 7.82 Å². The zero-order valence-electron chi connectivity index (χ0n) is 14.0. The first-order valence-electron chi connectivity index (χ1n) is 8.16. The van der Waals surface area contributed by atoms with E-state index in [2.05, 4.69) is 0 Å². The Balaban J connectivity index is 2.20. The van der Waals surface area contributed by atoms with Crippen LogP contribution in [0.15, 0.2) is 91.0 Å². The minimum atomic E-state index is -4.72. The summed E-state index contributed by atoms with van der Waals surface area (Å²) in [5.74, 6) is 0.189. The van der Waals surface area contributed by atoms with E-state index in [1.54, 1.807) is 12.1 Å². The topological polar surface area (TPSA) is 66.8 Å². The lowest BCUT2D eigenvalue weighted by Gasteiger charge is -2.18. The van der Waals surface area contributed by atoms with Crippen LogP contribution in [-0.2, 0) is 15.5 Å². The molecule has 0 aliphatic rings. The van der Waals surface area contributed by atoms with E-state index in [-0.39, 0.29) is 5.76 Å². The van der Waals surface area contributed by atoms with Crippen molar-refractivity contribution in [1.29, 1.82) is 0 Å². The molecule has 0 amide bonds. The second kappa shape index (κ2) is 8.15. The standard InChI is InChI=1S/C21H19O4P/c22-26(23,24)25-21(19-14-8-3-9-15-19)20(18-12-6-2-7-13-18)16-17-10-4-1-5-11-17/h1-15H,16H2,(H2,22,23,24)/b21-20+. The van der Waals surface area contributed by atoms with Crippen molar-refractivity contribution in [3.05, 3.63) is 108 Å². The van der Waals surface area contributed by atoms with E-state index in [4.69, 9.17) is 4.52 Å². The Morgan fingerprint density at radius 2 is 1.19 bits per heavy atom. The van der Waals surface area contributed by atoms with Gasteiger partial charge < -0.3 is 4.52 Å². The summed E-state index contributed by atoms with van der Waals surface area (Å²) in [5.41, 5.74) is 3.20. The molecule has 0 unspecified atom stereocenters. The Morgan fingerprint density at radius 1 is 0.731 bits per heavy atom. The van der Waals surface area contributed by atoms with Crippen molar-refractivity contribution in [3.63, 3.8) is 0 Å². The van der Waals surface area contributed by atoms with Gasteiger partial charge in [-0.05, 0) is 11.1 Å². The highest BCUT2D eigenvalue weighted by atomic mass is 31.2. The van der Waals surface area contributed by atoms with E-state index in [1.807, 2.05) is 78.9 Å². The van der Waals surface area contributed by atoms with E-state index in [0.717, 1.165) is 11.1 Å². The largest absolute Gasteiger partial charge is 0.524 e. The summed E-state index contributed by atoms with van der Waals surface area (Å²) in [6, 6.07) is 28.3. The first kappa shape index (κ1) is 18.2. The smallest absolute Gasteiger partial charge is 0.403 e. The Hall–Kier alpha value is -2.65. The molecule has 3 aromatic carbocycles. The van der Waals surface area contributed by atoms with Gasteiger partial charge in [0.15, 0.2) is 0 Å². The minimum Gasteiger partial charge on any atom is -0.403 e. The molecule has 0 aromatic heterocycles. The van der Waals surface area contributed by atoms with Crippen molar-refractivity contribution in [1.82, 2.24) is 0 Å². The van der Waals surface area contributed by atoms with Crippen LogP contribution in [-0.4, -0.2) is 9.79 Å². The van der Waals surface area contributed by atoms with Crippen LogP contribution in [0.25, 0.3) is 11.3 Å². The fourth-order valence-electron chi connectivity index (χ4n) is 2.74. The van der Waals surface area contributed by atoms with Gasteiger partial charge in [0.25, 0.3) is 0 Å². The molecule has 4 nitrogen and oxygen atoms in total. The van der Waals surface area contributed by atoms with Crippen molar-refractivity contribution < 1.29 is 18.9 Å². The molecule has 5 heteroatoms. The van der Waals surface area contributed by atoms with Gasteiger partial charge in [0.2, 0.25) is 0 Å². The van der Waals surface area contributed by atoms with Gasteiger partial charge in [-0.15, -0.1) is 0 Å². The fraction of sp³-hybridized carbons (Fsp3) is 0.0476. The summed E-state index contributed by atoms with van der Waals surface area (Å²) in [7, 11) is -4.72. The highest BCUT2D eigenvalue weighted by Gasteiger charge is 2.23. The molecule has 0 aliphatic heterocycles. The highest BCUT2D eigenvalue weighted by Crippen LogP contribution is 2.45. The van der Waals surface area contributed by atoms with Gasteiger partial charge in [0.1, 0.15) is 5.76 Å². The molecule has 0 atom stereocenters. The molecule has 0 heterocycles. The predicted octanol–water partition coefficient (Wildman–Crippen LogP) is 4.91. The van der Waals surface area contributed by atoms with Crippen molar-refractivity contribution in [2.24, 2.45) is 0 Å². The minimum absolute atomic E-state index is 0.189. The lowest BCUT2D eigenvalue weighted by Crippen LogP contribution is -2.00. The molecule has 0 saturated heterocycles. The normalized spacial score (nSPS) is 12.4. The molecule has 26 heavy (non-hydrogen) atoms. The monoisotopic (exact) mass is 366 g/mol. The SMILES string of the molecule is O=P(O)(O)O/C(=C(\Cc1ccccc1)c1ccccc1)c1ccccc1. The third kappa shape index (κ3) is 4.93. The number of rotatable bonds is 6. The summed E-state index contributed by atoms with van der Waals surface area (Å²) in [6.45, 7) is 0. The van der Waals surface area contributed by atoms with Gasteiger partial charge in [0, 0.05) is 17.6 Å². The van der Waals surface area contributed by atoms with Crippen LogP contribution in [0.4, 0.5) is 0 Å². The summed E-state index contributed by atoms with van der Waals surface area (Å²) in [6.07, 6.45) is 0.481. The van der Waals surface area contributed by atoms with Gasteiger partial charge in [-0.25, -0.2) is 4.57 Å². The molecule has 0 fully saturated rings. The number of allylic oxidation sites excluding steroid dienone is 1. The predicted molar refractivity (Wildman–Crippen MR) is 103 cm³/mol. The number of benzene rings is 3. The van der Waals surface area contributed by atoms with Crippen LogP contribution in [0.5, 0.6) is 0 Å². The van der Waals surface area contributed by atoms with Gasteiger partial charge in [-0.1, -0.05) is 91.0 Å². The quantitative estimate of drug-likeness (QED) is 0.370. The van der Waals surface area contributed by atoms with Crippen LogP contribution in [0.3, 0.4) is 0 Å².